The number of hydrogen-bond donors (Lipinski definition) is 5. The van der Waals surface area contributed by atoms with Crippen LogP contribution in [0.2, 0.25) is 5.02 Å². The van der Waals surface area contributed by atoms with Crippen molar-refractivity contribution in [2.45, 2.75) is 41.1 Å². The fraction of sp³-hybridized carbons (Fsp3) is 0.176. The smallest absolute Gasteiger partial charge is 0.532 e. The van der Waals surface area contributed by atoms with E-state index in [-0.39, 0.29) is 72.8 Å². The number of ether oxygens (including phenoxy) is 1. The number of H-pyrrole nitrogens is 1. The molecule has 0 saturated heterocycles. The third-order valence-corrected chi connectivity index (χ3v) is 10.6. The first-order chi connectivity index (χ1) is 27.1. The first kappa shape index (κ1) is 41.6. The van der Waals surface area contributed by atoms with Gasteiger partial charge in [-0.25, -0.2) is 28.7 Å². The highest BCUT2D eigenvalue weighted by Gasteiger charge is 2.32. The average Bonchev–Trinajstić information content (AvgIpc) is 3.56. The highest BCUT2D eigenvalue weighted by atomic mass is 35.5. The van der Waals surface area contributed by atoms with Gasteiger partial charge in [-0.3, -0.25) is 14.6 Å². The minimum atomic E-state index is -5.03. The van der Waals surface area contributed by atoms with Crippen LogP contribution in [0.1, 0.15) is 28.4 Å². The Kier molecular flexibility index (Phi) is 13.2. The number of nitrogens with zero attached hydrogens (tertiary/aromatic N) is 4. The minimum absolute atomic E-state index is 0.00908. The highest BCUT2D eigenvalue weighted by Crippen LogP contribution is 2.35. The first-order valence-corrected chi connectivity index (χ1v) is 19.4. The number of halogens is 6. The summed E-state index contributed by atoms with van der Waals surface area (Å²) >= 11 is 8.86. The number of nitrogens with one attached hydrogen (secondary N) is 3. The number of hydrogen-bond acceptors (Lipinski definition) is 14. The molecule has 6 aromatic rings. The predicted octanol–water partition coefficient (Wildman–Crippen LogP) is 6.40. The molecule has 6 rings (SSSR count). The molecule has 0 aliphatic rings. The molecule has 0 saturated carbocycles. The van der Waals surface area contributed by atoms with E-state index in [1.807, 2.05) is 0 Å². The molecule has 296 valence electrons. The molecular weight excluding hydrogens is 840 g/mol. The molecule has 0 radical (unpaired) electrons. The van der Waals surface area contributed by atoms with Crippen molar-refractivity contribution in [3.63, 3.8) is 0 Å². The Balaban J connectivity index is 1.21. The summed E-state index contributed by atoms with van der Waals surface area (Å²) in [7, 11) is -1.86. The number of aromatic nitrogens is 5. The molecule has 13 nitrogen and oxygen atoms in total. The molecule has 23 heteroatoms. The number of carbonyl (C=O) groups excluding carboxylic acids is 1. The van der Waals surface area contributed by atoms with Gasteiger partial charge in [-0.1, -0.05) is 52.5 Å². The van der Waals surface area contributed by atoms with Crippen molar-refractivity contribution in [3.8, 4) is 11.5 Å². The van der Waals surface area contributed by atoms with Gasteiger partial charge in [0.2, 0.25) is 0 Å². The Morgan fingerprint density at radius 3 is 2.46 bits per heavy atom. The van der Waals surface area contributed by atoms with Gasteiger partial charge in [0.15, 0.2) is 21.8 Å². The average molecular weight is 866 g/mol. The van der Waals surface area contributed by atoms with Gasteiger partial charge in [-0.2, -0.15) is 0 Å². The number of thioether (sulfide) groups is 2. The normalized spacial score (nSPS) is 12.0. The topological polar surface area (TPSA) is 184 Å². The van der Waals surface area contributed by atoms with E-state index in [2.05, 4.69) is 40.3 Å². The third-order valence-electron chi connectivity index (χ3n) is 7.62. The largest absolute Gasteiger partial charge is 0.573 e. The quantitative estimate of drug-likeness (QED) is 0.0331. The number of fused-ring (bicyclic) bond motifs is 1. The van der Waals surface area contributed by atoms with E-state index in [0.29, 0.717) is 10.4 Å². The maximum Gasteiger partial charge on any atom is 0.573 e. The molecule has 0 fully saturated rings. The van der Waals surface area contributed by atoms with Gasteiger partial charge >= 0.3 is 18.4 Å². The van der Waals surface area contributed by atoms with Gasteiger partial charge in [0.05, 0.1) is 17.2 Å². The van der Waals surface area contributed by atoms with Crippen molar-refractivity contribution in [2.75, 3.05) is 17.2 Å². The van der Waals surface area contributed by atoms with Crippen LogP contribution < -0.4 is 30.4 Å². The second-order valence-corrected chi connectivity index (χ2v) is 15.1. The van der Waals surface area contributed by atoms with E-state index in [4.69, 9.17) is 16.3 Å². The van der Waals surface area contributed by atoms with E-state index in [9.17, 15) is 37.3 Å². The lowest BCUT2D eigenvalue weighted by Crippen LogP contribution is -2.39. The molecule has 57 heavy (non-hydrogen) atoms. The van der Waals surface area contributed by atoms with Crippen molar-refractivity contribution in [1.29, 1.82) is 0 Å². The molecule has 3 heterocycles. The number of benzene rings is 3. The number of aromatic amines is 1. The van der Waals surface area contributed by atoms with Crippen LogP contribution in [-0.4, -0.2) is 67.1 Å². The second-order valence-electron chi connectivity index (χ2n) is 11.8. The zero-order chi connectivity index (χ0) is 40.9. The number of alkyl halides is 3. The third kappa shape index (κ3) is 10.9. The van der Waals surface area contributed by atoms with Crippen LogP contribution in [0.15, 0.2) is 82.1 Å². The van der Waals surface area contributed by atoms with E-state index >= 15 is 4.39 Å². The van der Waals surface area contributed by atoms with Crippen LogP contribution in [0.5, 0.6) is 11.5 Å². The highest BCUT2D eigenvalue weighted by molar-refractivity contribution is 7.98. The van der Waals surface area contributed by atoms with Crippen molar-refractivity contribution >= 4 is 86.8 Å². The number of rotatable bonds is 15. The Bertz CT molecular complexity index is 2450. The van der Waals surface area contributed by atoms with E-state index in [0.717, 1.165) is 53.1 Å². The van der Waals surface area contributed by atoms with Crippen LogP contribution in [-0.2, 0) is 11.5 Å². The molecule has 0 bridgehead atoms. The fourth-order valence-corrected chi connectivity index (χ4v) is 7.49. The monoisotopic (exact) mass is 865 g/mol. The molecule has 3 aromatic carbocycles. The summed E-state index contributed by atoms with van der Waals surface area (Å²) in [5, 5.41) is 26.4. The summed E-state index contributed by atoms with van der Waals surface area (Å²) in [5.41, 5.74) is 0.596. The molecule has 1 amide bonds. The molecule has 0 spiro atoms. The van der Waals surface area contributed by atoms with Gasteiger partial charge < -0.3 is 30.2 Å². The lowest BCUT2D eigenvalue weighted by Gasteiger charge is -2.18. The van der Waals surface area contributed by atoms with E-state index in [1.165, 1.54) is 48.8 Å². The van der Waals surface area contributed by atoms with Gasteiger partial charge in [-0.15, -0.1) is 13.2 Å². The number of thiazole rings is 1. The summed E-state index contributed by atoms with van der Waals surface area (Å²) in [6.07, 6.45) is -2.58. The maximum absolute atomic E-state index is 15.6. The van der Waals surface area contributed by atoms with E-state index < -0.39 is 47.7 Å². The number of amides is 1. The summed E-state index contributed by atoms with van der Waals surface area (Å²) in [4.78, 5) is 43.9. The van der Waals surface area contributed by atoms with Crippen LogP contribution in [0, 0.1) is 11.6 Å². The van der Waals surface area contributed by atoms with Crippen molar-refractivity contribution < 1.29 is 46.3 Å². The predicted molar refractivity (Wildman–Crippen MR) is 206 cm³/mol. The lowest BCUT2D eigenvalue weighted by atomic mass is 9.76. The van der Waals surface area contributed by atoms with Crippen LogP contribution in [0.3, 0.4) is 0 Å². The molecule has 1 atom stereocenters. The molecule has 0 aliphatic carbocycles. The SMILES string of the molecule is C[C@H](CO)Nc1nc(SCc2c(OB(O)c3ccc(OC(F)(F)F)cc3CSc3ncc(C(=O)Nc4ccc(F)cc4)cn3)ccc(Cl)c2F)nc2[nH]c(=O)sc12. The Morgan fingerprint density at radius 2 is 1.75 bits per heavy atom. The number of aliphatic hydroxyl groups is 1. The fourth-order valence-electron chi connectivity index (χ4n) is 4.94. The zero-order valence-corrected chi connectivity index (χ0v) is 32.1. The second kappa shape index (κ2) is 18.1. The van der Waals surface area contributed by atoms with Crippen LogP contribution in [0.4, 0.5) is 33.5 Å². The minimum Gasteiger partial charge on any atom is -0.532 e. The van der Waals surface area contributed by atoms with Crippen molar-refractivity contribution in [3.05, 3.63) is 110 Å². The van der Waals surface area contributed by atoms with Crippen molar-refractivity contribution in [1.82, 2.24) is 24.9 Å². The van der Waals surface area contributed by atoms with Crippen LogP contribution in [0.25, 0.3) is 10.3 Å². The standard InChI is InChI=1S/C34H26BClF5N7O6S3/c1-16(13-49)44-28-27-29(48-33(51)57-27)47-32(46-28)56-15-22-25(9-8-24(36)26(22)38)54-35(52)23-7-6-21(53-34(39,40)41)10-17(23)14-55-31-42-11-18(12-43-31)30(50)45-20-4-2-19(37)3-5-20/h2-12,16,49,52H,13-15H2,1H3,(H,45,50)(H2,44,46,47,48,51)/t16-/m1/s1. The van der Waals surface area contributed by atoms with Gasteiger partial charge in [0, 0.05) is 46.7 Å². The summed E-state index contributed by atoms with van der Waals surface area (Å²) < 4.78 is 78.5. The number of aliphatic hydroxyl groups excluding tert-OH is 1. The molecule has 0 unspecified atom stereocenters. The summed E-state index contributed by atoms with van der Waals surface area (Å²) in [6.45, 7) is 1.46. The Morgan fingerprint density at radius 1 is 1.04 bits per heavy atom. The molecule has 3 aromatic heterocycles. The number of carbonyl (C=O) groups is 1. The van der Waals surface area contributed by atoms with E-state index in [1.54, 1.807) is 6.92 Å². The van der Waals surface area contributed by atoms with Crippen molar-refractivity contribution in [2.24, 2.45) is 0 Å². The first-order valence-electron chi connectivity index (χ1n) is 16.3. The molecular formula is C34H26BClF5N7O6S3. The zero-order valence-electron chi connectivity index (χ0n) is 28.9. The molecule has 5 N–H and O–H groups in total. The van der Waals surface area contributed by atoms with Crippen LogP contribution >= 0.6 is 46.5 Å². The summed E-state index contributed by atoms with van der Waals surface area (Å²) in [6, 6.07) is 10.3. The summed E-state index contributed by atoms with van der Waals surface area (Å²) in [5.74, 6) is -2.75. The Hall–Kier alpha value is -5.00. The molecule has 0 aliphatic heterocycles. The maximum atomic E-state index is 15.6. The van der Waals surface area contributed by atoms with Gasteiger partial charge in [0.25, 0.3) is 5.91 Å². The lowest BCUT2D eigenvalue weighted by molar-refractivity contribution is -0.274. The van der Waals surface area contributed by atoms with Gasteiger partial charge in [-0.05, 0) is 61.0 Å². The number of anilines is 2. The van der Waals surface area contributed by atoms with Gasteiger partial charge in [0.1, 0.15) is 27.8 Å². The Labute approximate surface area is 336 Å².